The van der Waals surface area contributed by atoms with Crippen LogP contribution in [0.2, 0.25) is 0 Å². The van der Waals surface area contributed by atoms with Gasteiger partial charge in [-0.3, -0.25) is 4.79 Å². The molecule has 0 unspecified atom stereocenters. The number of hydrogen-bond donors (Lipinski definition) is 1. The minimum Gasteiger partial charge on any atom is -0.338 e. The Bertz CT molecular complexity index is 727. The van der Waals surface area contributed by atoms with Gasteiger partial charge in [-0.15, -0.1) is 0 Å². The van der Waals surface area contributed by atoms with Crippen molar-refractivity contribution in [1.29, 1.82) is 0 Å². The van der Waals surface area contributed by atoms with Gasteiger partial charge in [0.1, 0.15) is 5.82 Å². The third-order valence-corrected chi connectivity index (χ3v) is 4.65. The lowest BCUT2D eigenvalue weighted by atomic mass is 10.0. The molecule has 126 valence electrons. The van der Waals surface area contributed by atoms with Crippen LogP contribution < -0.4 is 5.32 Å². The van der Waals surface area contributed by atoms with E-state index in [1.54, 1.807) is 11.0 Å². The van der Waals surface area contributed by atoms with E-state index in [0.29, 0.717) is 19.0 Å². The maximum Gasteiger partial charge on any atom is 0.256 e. The zero-order chi connectivity index (χ0) is 17.1. The molecule has 1 N–H and O–H groups in total. The number of carbonyl (C=O) groups is 1. The van der Waals surface area contributed by atoms with Crippen LogP contribution in [-0.4, -0.2) is 37.5 Å². The highest BCUT2D eigenvalue weighted by Gasteiger charge is 2.27. The van der Waals surface area contributed by atoms with E-state index < -0.39 is 5.82 Å². The molecule has 0 saturated carbocycles. The predicted molar refractivity (Wildman–Crippen MR) is 94.5 cm³/mol. The molecule has 1 heterocycles. The zero-order valence-corrected chi connectivity index (χ0v) is 14.2. The van der Waals surface area contributed by atoms with Crippen LogP contribution in [0.1, 0.15) is 22.3 Å². The molecule has 1 aliphatic rings. The fourth-order valence-electron chi connectivity index (χ4n) is 3.26. The van der Waals surface area contributed by atoms with Gasteiger partial charge >= 0.3 is 0 Å². The molecule has 1 saturated heterocycles. The van der Waals surface area contributed by atoms with Gasteiger partial charge in [-0.1, -0.05) is 35.9 Å². The Morgan fingerprint density at radius 3 is 2.58 bits per heavy atom. The highest BCUT2D eigenvalue weighted by atomic mass is 19.1. The molecule has 1 atom stereocenters. The Labute approximate surface area is 142 Å². The minimum absolute atomic E-state index is 0.163. The topological polar surface area (TPSA) is 32.3 Å². The number of benzene rings is 2. The zero-order valence-electron chi connectivity index (χ0n) is 14.2. The Balaban J connectivity index is 1.77. The van der Waals surface area contributed by atoms with Crippen molar-refractivity contribution in [2.75, 3.05) is 26.7 Å². The van der Waals surface area contributed by atoms with Crippen molar-refractivity contribution in [3.05, 3.63) is 59.4 Å². The quantitative estimate of drug-likeness (QED) is 0.933. The van der Waals surface area contributed by atoms with Crippen LogP contribution in [0.25, 0.3) is 11.1 Å². The monoisotopic (exact) mass is 326 g/mol. The SMILES string of the molecule is CNC[C@H]1CCN(C(=O)c2ccc(-c3ccc(C)cc3)cc2F)C1. The summed E-state index contributed by atoms with van der Waals surface area (Å²) in [5.74, 6) is -0.203. The summed E-state index contributed by atoms with van der Waals surface area (Å²) in [6, 6.07) is 12.8. The smallest absolute Gasteiger partial charge is 0.256 e. The summed E-state index contributed by atoms with van der Waals surface area (Å²) in [7, 11) is 1.91. The molecular weight excluding hydrogens is 303 g/mol. The van der Waals surface area contributed by atoms with Gasteiger partial charge < -0.3 is 10.2 Å². The third kappa shape index (κ3) is 3.49. The van der Waals surface area contributed by atoms with E-state index in [1.807, 2.05) is 44.3 Å². The predicted octanol–water partition coefficient (Wildman–Crippen LogP) is 3.48. The molecule has 0 aliphatic carbocycles. The van der Waals surface area contributed by atoms with Crippen molar-refractivity contribution >= 4 is 5.91 Å². The summed E-state index contributed by atoms with van der Waals surface area (Å²) in [6.45, 7) is 4.30. The molecule has 2 aromatic carbocycles. The molecular formula is C20H23FN2O. The first-order valence-corrected chi connectivity index (χ1v) is 8.39. The van der Waals surface area contributed by atoms with Crippen molar-refractivity contribution in [3.63, 3.8) is 0 Å². The first kappa shape index (κ1) is 16.7. The van der Waals surface area contributed by atoms with E-state index in [1.165, 1.54) is 6.07 Å². The standard InChI is InChI=1S/C20H23FN2O/c1-14-3-5-16(6-4-14)17-7-8-18(19(21)11-17)20(24)23-10-9-15(13-23)12-22-2/h3-8,11,15,22H,9-10,12-13H2,1-2H3/t15-/m1/s1. The average Bonchev–Trinajstić information content (AvgIpc) is 3.04. The molecule has 1 aliphatic heterocycles. The first-order chi connectivity index (χ1) is 11.6. The van der Waals surface area contributed by atoms with Gasteiger partial charge in [0.05, 0.1) is 5.56 Å². The Hall–Kier alpha value is -2.20. The summed E-state index contributed by atoms with van der Waals surface area (Å²) in [5, 5.41) is 3.14. The van der Waals surface area contributed by atoms with Crippen LogP contribution in [0.3, 0.4) is 0 Å². The van der Waals surface area contributed by atoms with Gasteiger partial charge in [0.15, 0.2) is 0 Å². The van der Waals surface area contributed by atoms with Gasteiger partial charge in [0, 0.05) is 13.1 Å². The van der Waals surface area contributed by atoms with Gasteiger partial charge in [0.25, 0.3) is 5.91 Å². The number of amides is 1. The lowest BCUT2D eigenvalue weighted by Gasteiger charge is -2.17. The number of rotatable bonds is 4. The molecule has 0 aromatic heterocycles. The van der Waals surface area contributed by atoms with Crippen LogP contribution in [0, 0.1) is 18.7 Å². The summed E-state index contributed by atoms with van der Waals surface area (Å²) in [4.78, 5) is 14.3. The van der Waals surface area contributed by atoms with E-state index in [-0.39, 0.29) is 11.5 Å². The van der Waals surface area contributed by atoms with Crippen molar-refractivity contribution in [2.24, 2.45) is 5.92 Å². The molecule has 3 rings (SSSR count). The van der Waals surface area contributed by atoms with E-state index in [4.69, 9.17) is 0 Å². The van der Waals surface area contributed by atoms with Crippen molar-refractivity contribution in [2.45, 2.75) is 13.3 Å². The third-order valence-electron chi connectivity index (χ3n) is 4.65. The largest absolute Gasteiger partial charge is 0.338 e. The highest BCUT2D eigenvalue weighted by Crippen LogP contribution is 2.25. The molecule has 1 amide bonds. The summed E-state index contributed by atoms with van der Waals surface area (Å²) in [6.07, 6.45) is 0.968. The first-order valence-electron chi connectivity index (χ1n) is 8.39. The Kier molecular flexibility index (Phi) is 4.95. The van der Waals surface area contributed by atoms with Crippen molar-refractivity contribution in [3.8, 4) is 11.1 Å². The lowest BCUT2D eigenvalue weighted by molar-refractivity contribution is 0.0782. The van der Waals surface area contributed by atoms with Crippen LogP contribution >= 0.6 is 0 Å². The number of nitrogens with zero attached hydrogens (tertiary/aromatic N) is 1. The normalized spacial score (nSPS) is 17.3. The van der Waals surface area contributed by atoms with E-state index >= 15 is 0 Å². The molecule has 24 heavy (non-hydrogen) atoms. The van der Waals surface area contributed by atoms with Gasteiger partial charge in [-0.05, 0) is 56.1 Å². The lowest BCUT2D eigenvalue weighted by Crippen LogP contribution is -2.30. The van der Waals surface area contributed by atoms with Gasteiger partial charge in [-0.2, -0.15) is 0 Å². The fourth-order valence-corrected chi connectivity index (χ4v) is 3.26. The number of likely N-dealkylation sites (tertiary alicyclic amines) is 1. The number of halogens is 1. The second-order valence-electron chi connectivity index (χ2n) is 6.52. The number of nitrogens with one attached hydrogen (secondary N) is 1. The maximum atomic E-state index is 14.5. The van der Waals surface area contributed by atoms with Gasteiger partial charge in [-0.25, -0.2) is 4.39 Å². The number of aryl methyl sites for hydroxylation is 1. The minimum atomic E-state index is -0.449. The summed E-state index contributed by atoms with van der Waals surface area (Å²) >= 11 is 0. The second kappa shape index (κ2) is 7.14. The Morgan fingerprint density at radius 2 is 1.92 bits per heavy atom. The average molecular weight is 326 g/mol. The van der Waals surface area contributed by atoms with E-state index in [2.05, 4.69) is 5.32 Å². The summed E-state index contributed by atoms with van der Waals surface area (Å²) in [5.41, 5.74) is 3.07. The molecule has 0 spiro atoms. The van der Waals surface area contributed by atoms with Crippen LogP contribution in [0.15, 0.2) is 42.5 Å². The number of carbonyl (C=O) groups excluding carboxylic acids is 1. The van der Waals surface area contributed by atoms with Crippen molar-refractivity contribution in [1.82, 2.24) is 10.2 Å². The van der Waals surface area contributed by atoms with Crippen LogP contribution in [-0.2, 0) is 0 Å². The van der Waals surface area contributed by atoms with Crippen molar-refractivity contribution < 1.29 is 9.18 Å². The molecule has 2 aromatic rings. The molecule has 0 bridgehead atoms. The van der Waals surface area contributed by atoms with Gasteiger partial charge in [0.2, 0.25) is 0 Å². The molecule has 4 heteroatoms. The van der Waals surface area contributed by atoms with Crippen LogP contribution in [0.5, 0.6) is 0 Å². The molecule has 0 radical (unpaired) electrons. The number of hydrogen-bond acceptors (Lipinski definition) is 2. The van der Waals surface area contributed by atoms with E-state index in [9.17, 15) is 9.18 Å². The Morgan fingerprint density at radius 1 is 1.21 bits per heavy atom. The molecule has 1 fully saturated rings. The second-order valence-corrected chi connectivity index (χ2v) is 6.52. The summed E-state index contributed by atoms with van der Waals surface area (Å²) < 4.78 is 14.5. The van der Waals surface area contributed by atoms with Crippen LogP contribution in [0.4, 0.5) is 4.39 Å². The highest BCUT2D eigenvalue weighted by molar-refractivity contribution is 5.95. The maximum absolute atomic E-state index is 14.5. The fraction of sp³-hybridized carbons (Fsp3) is 0.350. The molecule has 3 nitrogen and oxygen atoms in total. The van der Waals surface area contributed by atoms with E-state index in [0.717, 1.165) is 29.7 Å².